The highest BCUT2D eigenvalue weighted by atomic mass is 79.9. The molecule has 0 aliphatic carbocycles. The number of ether oxygens (including phenoxy) is 1. The van der Waals surface area contributed by atoms with Gasteiger partial charge in [0.25, 0.3) is 0 Å². The van der Waals surface area contributed by atoms with E-state index in [9.17, 15) is 0 Å². The van der Waals surface area contributed by atoms with Crippen molar-refractivity contribution in [3.8, 4) is 5.75 Å². The van der Waals surface area contributed by atoms with Gasteiger partial charge >= 0.3 is 0 Å². The maximum Gasteiger partial charge on any atom is 0.119 e. The van der Waals surface area contributed by atoms with E-state index in [2.05, 4.69) is 34.2 Å². The van der Waals surface area contributed by atoms with Crippen LogP contribution in [0.25, 0.3) is 0 Å². The summed E-state index contributed by atoms with van der Waals surface area (Å²) < 4.78 is 6.96. The first-order chi connectivity index (χ1) is 7.75. The maximum atomic E-state index is 5.82. The van der Waals surface area contributed by atoms with Crippen molar-refractivity contribution < 1.29 is 4.74 Å². The van der Waals surface area contributed by atoms with Crippen molar-refractivity contribution in [3.63, 3.8) is 0 Å². The van der Waals surface area contributed by atoms with Crippen molar-refractivity contribution in [2.75, 3.05) is 19.7 Å². The zero-order valence-corrected chi connectivity index (χ0v) is 11.2. The number of nitrogens with one attached hydrogen (secondary N) is 1. The van der Waals surface area contributed by atoms with E-state index in [1.54, 1.807) is 0 Å². The quantitative estimate of drug-likeness (QED) is 0.920. The van der Waals surface area contributed by atoms with Gasteiger partial charge in [0.1, 0.15) is 5.75 Å². The molecule has 0 amide bonds. The summed E-state index contributed by atoms with van der Waals surface area (Å²) in [6.07, 6.45) is 2.55. The zero-order chi connectivity index (χ0) is 11.4. The van der Waals surface area contributed by atoms with E-state index in [1.165, 1.54) is 18.4 Å². The average Bonchev–Trinajstić information content (AvgIpc) is 2.32. The molecule has 2 nitrogen and oxygen atoms in total. The topological polar surface area (TPSA) is 21.3 Å². The average molecular weight is 284 g/mol. The third-order valence-electron chi connectivity index (χ3n) is 3.01. The maximum absolute atomic E-state index is 5.82. The Hall–Kier alpha value is -0.540. The number of hydrogen-bond acceptors (Lipinski definition) is 2. The molecule has 16 heavy (non-hydrogen) atoms. The summed E-state index contributed by atoms with van der Waals surface area (Å²) in [6.45, 7) is 5.16. The molecule has 1 N–H and O–H groups in total. The van der Waals surface area contributed by atoms with Crippen LogP contribution in [-0.2, 0) is 0 Å². The first-order valence-corrected chi connectivity index (χ1v) is 6.64. The van der Waals surface area contributed by atoms with Crippen LogP contribution in [0, 0.1) is 12.8 Å². The molecule has 1 heterocycles. The van der Waals surface area contributed by atoms with Crippen molar-refractivity contribution in [2.24, 2.45) is 5.92 Å². The van der Waals surface area contributed by atoms with Crippen LogP contribution in [0.2, 0.25) is 0 Å². The molecule has 0 saturated carbocycles. The van der Waals surface area contributed by atoms with Crippen LogP contribution in [0.15, 0.2) is 22.7 Å². The first kappa shape index (κ1) is 11.9. The molecule has 2 rings (SSSR count). The van der Waals surface area contributed by atoms with E-state index in [0.29, 0.717) is 5.92 Å². The minimum atomic E-state index is 0.665. The Morgan fingerprint density at radius 2 is 2.38 bits per heavy atom. The van der Waals surface area contributed by atoms with Gasteiger partial charge in [-0.25, -0.2) is 0 Å². The number of piperidine rings is 1. The van der Waals surface area contributed by atoms with Gasteiger partial charge in [-0.1, -0.05) is 15.9 Å². The fraction of sp³-hybridized carbons (Fsp3) is 0.538. The molecular weight excluding hydrogens is 266 g/mol. The van der Waals surface area contributed by atoms with Crippen LogP contribution >= 0.6 is 15.9 Å². The lowest BCUT2D eigenvalue weighted by Crippen LogP contribution is -2.33. The highest BCUT2D eigenvalue weighted by Gasteiger charge is 2.13. The molecule has 0 unspecified atom stereocenters. The Morgan fingerprint density at radius 3 is 3.06 bits per heavy atom. The van der Waals surface area contributed by atoms with Crippen LogP contribution in [0.3, 0.4) is 0 Å². The molecule has 1 fully saturated rings. The molecule has 88 valence electrons. The Kier molecular flexibility index (Phi) is 4.24. The van der Waals surface area contributed by atoms with Gasteiger partial charge in [-0.05, 0) is 50.1 Å². The number of rotatable bonds is 3. The summed E-state index contributed by atoms with van der Waals surface area (Å²) in [5, 5.41) is 3.40. The molecule has 1 aliphatic heterocycles. The SMILES string of the molecule is Cc1cc(OC[C@@H]2CCCNC2)ccc1Br. The van der Waals surface area contributed by atoms with Gasteiger partial charge in [-0.3, -0.25) is 0 Å². The highest BCUT2D eigenvalue weighted by Crippen LogP contribution is 2.22. The van der Waals surface area contributed by atoms with E-state index in [4.69, 9.17) is 4.74 Å². The molecule has 0 bridgehead atoms. The Bertz CT molecular complexity index is 348. The predicted octanol–water partition coefficient (Wildman–Crippen LogP) is 3.14. The van der Waals surface area contributed by atoms with Gasteiger partial charge in [0.15, 0.2) is 0 Å². The van der Waals surface area contributed by atoms with Crippen molar-refractivity contribution >= 4 is 15.9 Å². The van der Waals surface area contributed by atoms with E-state index in [-0.39, 0.29) is 0 Å². The van der Waals surface area contributed by atoms with Gasteiger partial charge in [-0.15, -0.1) is 0 Å². The minimum absolute atomic E-state index is 0.665. The molecule has 3 heteroatoms. The Labute approximate surface area is 106 Å². The second kappa shape index (κ2) is 5.69. The summed E-state index contributed by atoms with van der Waals surface area (Å²) in [7, 11) is 0. The monoisotopic (exact) mass is 283 g/mol. The number of hydrogen-bond donors (Lipinski definition) is 1. The fourth-order valence-corrected chi connectivity index (χ4v) is 2.23. The van der Waals surface area contributed by atoms with Crippen LogP contribution in [0.5, 0.6) is 5.75 Å². The van der Waals surface area contributed by atoms with Gasteiger partial charge in [-0.2, -0.15) is 0 Å². The molecular formula is C13H18BrNO. The Balaban J connectivity index is 1.86. The molecule has 1 aromatic rings. The van der Waals surface area contributed by atoms with E-state index >= 15 is 0 Å². The lowest BCUT2D eigenvalue weighted by Gasteiger charge is -2.22. The van der Waals surface area contributed by atoms with Crippen molar-refractivity contribution in [3.05, 3.63) is 28.2 Å². The second-order valence-corrected chi connectivity index (χ2v) is 5.29. The summed E-state index contributed by atoms with van der Waals surface area (Å²) >= 11 is 3.49. The van der Waals surface area contributed by atoms with Gasteiger partial charge in [0.2, 0.25) is 0 Å². The van der Waals surface area contributed by atoms with E-state index in [0.717, 1.165) is 29.9 Å². The van der Waals surface area contributed by atoms with Crippen LogP contribution in [0.4, 0.5) is 0 Å². The molecule has 1 saturated heterocycles. The fourth-order valence-electron chi connectivity index (χ4n) is 1.99. The highest BCUT2D eigenvalue weighted by molar-refractivity contribution is 9.10. The summed E-state index contributed by atoms with van der Waals surface area (Å²) in [5.74, 6) is 1.64. The third-order valence-corrected chi connectivity index (χ3v) is 3.90. The predicted molar refractivity (Wildman–Crippen MR) is 70.0 cm³/mol. The Morgan fingerprint density at radius 1 is 1.50 bits per heavy atom. The normalized spacial score (nSPS) is 20.8. The molecule has 0 spiro atoms. The van der Waals surface area contributed by atoms with Crippen molar-refractivity contribution in [1.29, 1.82) is 0 Å². The summed E-state index contributed by atoms with van der Waals surface area (Å²) in [4.78, 5) is 0. The van der Waals surface area contributed by atoms with E-state index < -0.39 is 0 Å². The van der Waals surface area contributed by atoms with Gasteiger partial charge < -0.3 is 10.1 Å². The molecule has 1 aliphatic rings. The largest absolute Gasteiger partial charge is 0.493 e. The standard InChI is InChI=1S/C13H18BrNO/c1-10-7-12(4-5-13(10)14)16-9-11-3-2-6-15-8-11/h4-5,7,11,15H,2-3,6,8-9H2,1H3/t11-/m1/s1. The molecule has 0 aromatic heterocycles. The van der Waals surface area contributed by atoms with Crippen molar-refractivity contribution in [1.82, 2.24) is 5.32 Å². The molecule has 1 aromatic carbocycles. The lowest BCUT2D eigenvalue weighted by molar-refractivity contribution is 0.218. The number of benzene rings is 1. The number of halogens is 1. The van der Waals surface area contributed by atoms with Crippen LogP contribution in [-0.4, -0.2) is 19.7 Å². The van der Waals surface area contributed by atoms with Gasteiger partial charge in [0, 0.05) is 16.9 Å². The summed E-state index contributed by atoms with van der Waals surface area (Å²) in [6, 6.07) is 6.15. The van der Waals surface area contributed by atoms with Crippen LogP contribution < -0.4 is 10.1 Å². The third kappa shape index (κ3) is 3.22. The lowest BCUT2D eigenvalue weighted by atomic mass is 10.0. The smallest absolute Gasteiger partial charge is 0.119 e. The summed E-state index contributed by atoms with van der Waals surface area (Å²) in [5.41, 5.74) is 1.22. The second-order valence-electron chi connectivity index (χ2n) is 4.43. The first-order valence-electron chi connectivity index (χ1n) is 5.85. The minimum Gasteiger partial charge on any atom is -0.493 e. The molecule has 0 radical (unpaired) electrons. The van der Waals surface area contributed by atoms with Crippen LogP contribution in [0.1, 0.15) is 18.4 Å². The van der Waals surface area contributed by atoms with E-state index in [1.807, 2.05) is 12.1 Å². The molecule has 1 atom stereocenters. The number of aryl methyl sites for hydroxylation is 1. The zero-order valence-electron chi connectivity index (χ0n) is 9.63. The van der Waals surface area contributed by atoms with Crippen molar-refractivity contribution in [2.45, 2.75) is 19.8 Å². The van der Waals surface area contributed by atoms with Gasteiger partial charge in [0.05, 0.1) is 6.61 Å².